The second-order valence-corrected chi connectivity index (χ2v) is 11.4. The molecule has 5 rings (SSSR count). The number of hydrogen-bond acceptors (Lipinski definition) is 7. The van der Waals surface area contributed by atoms with E-state index >= 15 is 0 Å². The fourth-order valence-electron chi connectivity index (χ4n) is 8.58. The molecule has 7 heteroatoms. The largest absolute Gasteiger partial charge is 0.508 e. The third-order valence-electron chi connectivity index (χ3n) is 10.1. The van der Waals surface area contributed by atoms with E-state index in [0.717, 1.165) is 32.0 Å². The summed E-state index contributed by atoms with van der Waals surface area (Å²) < 4.78 is 22.5. The van der Waals surface area contributed by atoms with Crippen molar-refractivity contribution in [1.29, 1.82) is 0 Å². The minimum absolute atomic E-state index is 0.0175. The number of fused-ring (bicyclic) bond motifs is 7. The van der Waals surface area contributed by atoms with Crippen LogP contribution in [0.15, 0.2) is 11.6 Å². The van der Waals surface area contributed by atoms with Crippen LogP contribution < -0.4 is 0 Å². The Morgan fingerprint density at radius 3 is 2.61 bits per heavy atom. The van der Waals surface area contributed by atoms with E-state index in [9.17, 15) is 14.4 Å². The van der Waals surface area contributed by atoms with Crippen molar-refractivity contribution in [2.75, 3.05) is 7.11 Å². The topological polar surface area (TPSA) is 91.4 Å². The van der Waals surface area contributed by atoms with Gasteiger partial charge in [-0.1, -0.05) is 26.3 Å². The van der Waals surface area contributed by atoms with E-state index < -0.39 is 12.3 Å². The highest BCUT2D eigenvalue weighted by Crippen LogP contribution is 2.69. The molecule has 0 amide bonds. The van der Waals surface area contributed by atoms with Crippen molar-refractivity contribution in [2.45, 2.75) is 84.2 Å². The van der Waals surface area contributed by atoms with Crippen LogP contribution in [0.1, 0.15) is 59.8 Å². The maximum Gasteiger partial charge on any atom is 0.508 e. The van der Waals surface area contributed by atoms with Crippen molar-refractivity contribution in [1.82, 2.24) is 0 Å². The predicted molar refractivity (Wildman–Crippen MR) is 118 cm³/mol. The molecule has 0 spiro atoms. The third kappa shape index (κ3) is 3.28. The van der Waals surface area contributed by atoms with Crippen LogP contribution in [-0.2, 0) is 28.5 Å². The van der Waals surface area contributed by atoms with Gasteiger partial charge in [0.1, 0.15) is 24.6 Å². The van der Waals surface area contributed by atoms with Gasteiger partial charge < -0.3 is 23.7 Å². The minimum Gasteiger partial charge on any atom is -0.459 e. The fraction of sp³-hybridized carbons (Fsp3) is 0.808. The van der Waals surface area contributed by atoms with Crippen LogP contribution in [0.4, 0.5) is 4.79 Å². The lowest BCUT2D eigenvalue weighted by atomic mass is 9.46. The third-order valence-corrected chi connectivity index (χ3v) is 10.1. The molecule has 0 aromatic rings. The summed E-state index contributed by atoms with van der Waals surface area (Å²) in [5.41, 5.74) is 1.04. The zero-order valence-electron chi connectivity index (χ0n) is 20.2. The van der Waals surface area contributed by atoms with Crippen molar-refractivity contribution in [2.24, 2.45) is 40.4 Å². The molecule has 5 aliphatic rings. The molecular formula is C26H36O7. The van der Waals surface area contributed by atoms with E-state index in [1.54, 1.807) is 0 Å². The summed E-state index contributed by atoms with van der Waals surface area (Å²) in [5, 5.41) is 0. The van der Waals surface area contributed by atoms with Gasteiger partial charge in [0.2, 0.25) is 0 Å². The van der Waals surface area contributed by atoms with E-state index in [4.69, 9.17) is 18.9 Å². The average molecular weight is 461 g/mol. The molecule has 1 aliphatic heterocycles. The first kappa shape index (κ1) is 22.9. The zero-order chi connectivity index (χ0) is 23.7. The van der Waals surface area contributed by atoms with Gasteiger partial charge in [-0.25, -0.2) is 4.79 Å². The van der Waals surface area contributed by atoms with Gasteiger partial charge in [-0.05, 0) is 54.9 Å². The van der Waals surface area contributed by atoms with Crippen molar-refractivity contribution < 1.29 is 33.3 Å². The first-order valence-corrected chi connectivity index (χ1v) is 12.4. The van der Waals surface area contributed by atoms with Crippen LogP contribution in [0.3, 0.4) is 0 Å². The van der Waals surface area contributed by atoms with E-state index in [1.165, 1.54) is 19.6 Å². The highest BCUT2D eigenvalue weighted by Gasteiger charge is 2.70. The lowest BCUT2D eigenvalue weighted by Crippen LogP contribution is -2.58. The van der Waals surface area contributed by atoms with E-state index in [-0.39, 0.29) is 46.9 Å². The molecule has 7 nitrogen and oxygen atoms in total. The molecule has 0 radical (unpaired) electrons. The number of esters is 1. The summed E-state index contributed by atoms with van der Waals surface area (Å²) in [7, 11) is 1.34. The number of ether oxygens (including phenoxy) is 4. The molecular weight excluding hydrogens is 424 g/mol. The maximum absolute atomic E-state index is 12.3. The van der Waals surface area contributed by atoms with Crippen LogP contribution in [0, 0.1) is 40.4 Å². The Morgan fingerprint density at radius 1 is 1.18 bits per heavy atom. The first-order valence-electron chi connectivity index (χ1n) is 12.4. The molecule has 4 fully saturated rings. The summed E-state index contributed by atoms with van der Waals surface area (Å²) in [6.45, 7) is 8.11. The van der Waals surface area contributed by atoms with Crippen molar-refractivity contribution in [3.05, 3.63) is 11.6 Å². The van der Waals surface area contributed by atoms with E-state index in [0.29, 0.717) is 24.2 Å². The monoisotopic (exact) mass is 460 g/mol. The summed E-state index contributed by atoms with van der Waals surface area (Å²) in [4.78, 5) is 35.6. The summed E-state index contributed by atoms with van der Waals surface area (Å²) in [6.07, 6.45) is 6.53. The quantitative estimate of drug-likeness (QED) is 0.270. The Labute approximate surface area is 195 Å². The molecule has 0 aromatic carbocycles. The lowest BCUT2D eigenvalue weighted by molar-refractivity contribution is -0.148. The van der Waals surface area contributed by atoms with Crippen LogP contribution in [0.25, 0.3) is 0 Å². The van der Waals surface area contributed by atoms with Gasteiger partial charge in [0.05, 0.1) is 13.2 Å². The average Bonchev–Trinajstić information content (AvgIpc) is 3.51. The van der Waals surface area contributed by atoms with Gasteiger partial charge >= 0.3 is 12.1 Å². The maximum atomic E-state index is 12.3. The Morgan fingerprint density at radius 2 is 1.94 bits per heavy atom. The van der Waals surface area contributed by atoms with Crippen molar-refractivity contribution >= 4 is 18.4 Å². The van der Waals surface area contributed by atoms with Crippen LogP contribution in [0.2, 0.25) is 0 Å². The number of carbonyl (C=O) groups is 3. The Hall–Kier alpha value is -1.89. The van der Waals surface area contributed by atoms with Gasteiger partial charge in [0.25, 0.3) is 0 Å². The summed E-state index contributed by atoms with van der Waals surface area (Å²) in [5.74, 6) is 0.875. The second kappa shape index (κ2) is 7.82. The zero-order valence-corrected chi connectivity index (χ0v) is 20.2. The number of carbonyl (C=O) groups excluding carboxylic acids is 3. The predicted octanol–water partition coefficient (Wildman–Crippen LogP) is 4.08. The van der Waals surface area contributed by atoms with Gasteiger partial charge in [-0.2, -0.15) is 0 Å². The van der Waals surface area contributed by atoms with Gasteiger partial charge in [0.15, 0.2) is 0 Å². The SMILES string of the molecule is COC(=O)OC1C=C2CC(OC(C)=O)C3OC3[C@]2(C)[C@H]2CC[C@]3(C)[C@@H](C(C)C=O)CC[C@H]3[C@H]12. The molecule has 1 saturated heterocycles. The van der Waals surface area contributed by atoms with Gasteiger partial charge in [-0.3, -0.25) is 4.79 Å². The van der Waals surface area contributed by atoms with Crippen molar-refractivity contribution in [3.8, 4) is 0 Å². The van der Waals surface area contributed by atoms with Gasteiger partial charge in [-0.15, -0.1) is 0 Å². The van der Waals surface area contributed by atoms with Crippen LogP contribution in [0.5, 0.6) is 0 Å². The molecule has 33 heavy (non-hydrogen) atoms. The standard InChI is InChI=1S/C26H36O7/c1-13(12-27)16-6-7-17-21-18(8-9-25(16,17)3)26(4)15(10-19(21)32-24(29)30-5)11-20(31-14(2)28)22-23(26)33-22/h10,12-13,16-23H,6-9,11H2,1-5H3/t13?,16-,17+,18+,19?,20?,21+,22?,23?,25-,26+/m1/s1. The molecule has 4 aliphatic carbocycles. The number of methoxy groups -OCH3 is 1. The first-order chi connectivity index (χ1) is 15.6. The molecule has 0 bridgehead atoms. The van der Waals surface area contributed by atoms with Crippen LogP contribution >= 0.6 is 0 Å². The Balaban J connectivity index is 1.53. The summed E-state index contributed by atoms with van der Waals surface area (Å²) in [6, 6.07) is 0. The molecule has 3 saturated carbocycles. The minimum atomic E-state index is -0.671. The van der Waals surface area contributed by atoms with E-state index in [1.807, 2.05) is 6.92 Å². The highest BCUT2D eigenvalue weighted by molar-refractivity contribution is 5.66. The lowest BCUT2D eigenvalue weighted by Gasteiger charge is -2.58. The van der Waals surface area contributed by atoms with E-state index in [2.05, 4.69) is 19.9 Å². The fourth-order valence-corrected chi connectivity index (χ4v) is 8.58. The number of hydrogen-bond donors (Lipinski definition) is 0. The Kier molecular flexibility index (Phi) is 5.42. The Bertz CT molecular complexity index is 882. The molecule has 0 N–H and O–H groups in total. The smallest absolute Gasteiger partial charge is 0.459 e. The number of epoxide rings is 1. The highest BCUT2D eigenvalue weighted by atomic mass is 16.7. The second-order valence-electron chi connectivity index (χ2n) is 11.4. The summed E-state index contributed by atoms with van der Waals surface area (Å²) >= 11 is 0. The molecule has 5 unspecified atom stereocenters. The van der Waals surface area contributed by atoms with Crippen molar-refractivity contribution in [3.63, 3.8) is 0 Å². The molecule has 182 valence electrons. The molecule has 0 aromatic heterocycles. The normalized spacial score (nSPS) is 48.1. The molecule has 11 atom stereocenters. The number of aldehydes is 1. The number of rotatable bonds is 4. The van der Waals surface area contributed by atoms with Gasteiger partial charge in [0, 0.05) is 30.6 Å². The molecule has 1 heterocycles. The van der Waals surface area contributed by atoms with Crippen LogP contribution in [-0.4, -0.2) is 49.9 Å².